The molecule has 1 fully saturated rings. The van der Waals surface area contributed by atoms with Gasteiger partial charge < -0.3 is 9.80 Å². The van der Waals surface area contributed by atoms with Crippen LogP contribution in [0, 0.1) is 6.92 Å². The van der Waals surface area contributed by atoms with Crippen LogP contribution in [0.2, 0.25) is 0 Å². The number of fused-ring (bicyclic) bond motifs is 1. The summed E-state index contributed by atoms with van der Waals surface area (Å²) in [4.78, 5) is 34.1. The molecule has 34 heavy (non-hydrogen) atoms. The summed E-state index contributed by atoms with van der Waals surface area (Å²) in [7, 11) is 0. The first-order chi connectivity index (χ1) is 16.5. The summed E-state index contributed by atoms with van der Waals surface area (Å²) in [5.74, 6) is 0.201. The standard InChI is InChI=1S/C28H31N3O2S/c1-20-8-10-23(11-9-20)28(33)30-17-15-29(16-18-30)27(32)21(2)31-14-12-25-24(13-19-34-25)26(31)22-6-4-3-5-7-22/h3-11,13,19,21,26H,12,14-18H2,1-2H3. The van der Waals surface area contributed by atoms with E-state index in [1.807, 2.05) is 65.3 Å². The molecule has 0 bridgehead atoms. The topological polar surface area (TPSA) is 43.9 Å². The zero-order valence-electron chi connectivity index (χ0n) is 19.8. The van der Waals surface area contributed by atoms with Gasteiger partial charge in [0.25, 0.3) is 5.91 Å². The Bertz CT molecular complexity index is 1150. The summed E-state index contributed by atoms with van der Waals surface area (Å²) in [5.41, 5.74) is 4.41. The number of rotatable bonds is 4. The zero-order chi connectivity index (χ0) is 23.7. The number of nitrogens with zero attached hydrogens (tertiary/aromatic N) is 3. The molecule has 0 saturated carbocycles. The highest BCUT2D eigenvalue weighted by Gasteiger charge is 2.37. The summed E-state index contributed by atoms with van der Waals surface area (Å²) < 4.78 is 0. The molecule has 6 heteroatoms. The lowest BCUT2D eigenvalue weighted by molar-refractivity contribution is -0.138. The van der Waals surface area contributed by atoms with Crippen molar-refractivity contribution in [2.75, 3.05) is 32.7 Å². The van der Waals surface area contributed by atoms with E-state index in [0.29, 0.717) is 31.7 Å². The largest absolute Gasteiger partial charge is 0.338 e. The highest BCUT2D eigenvalue weighted by Crippen LogP contribution is 2.39. The maximum absolute atomic E-state index is 13.6. The normalized spacial score (nSPS) is 19.5. The molecule has 5 nitrogen and oxygen atoms in total. The number of amides is 2. The molecular weight excluding hydrogens is 442 g/mol. The van der Waals surface area contributed by atoms with Crippen molar-refractivity contribution in [2.24, 2.45) is 0 Å². The summed E-state index contributed by atoms with van der Waals surface area (Å²) in [6, 6.07) is 20.3. The minimum atomic E-state index is -0.224. The Balaban J connectivity index is 1.28. The number of hydrogen-bond donors (Lipinski definition) is 0. The van der Waals surface area contributed by atoms with Gasteiger partial charge in [0, 0.05) is 43.2 Å². The average molecular weight is 474 g/mol. The first kappa shape index (κ1) is 22.8. The van der Waals surface area contributed by atoms with Crippen LogP contribution in [0.1, 0.15) is 44.9 Å². The third-order valence-corrected chi connectivity index (χ3v) is 8.15. The molecule has 0 N–H and O–H groups in total. The number of hydrogen-bond acceptors (Lipinski definition) is 4. The maximum atomic E-state index is 13.6. The van der Waals surface area contributed by atoms with E-state index in [0.717, 1.165) is 18.5 Å². The molecule has 2 aliphatic heterocycles. The Morgan fingerprint density at radius 2 is 1.56 bits per heavy atom. The Hall–Kier alpha value is -2.96. The summed E-state index contributed by atoms with van der Waals surface area (Å²) in [5, 5.41) is 2.17. The van der Waals surface area contributed by atoms with Crippen molar-refractivity contribution in [3.63, 3.8) is 0 Å². The first-order valence-corrected chi connectivity index (χ1v) is 12.9. The van der Waals surface area contributed by atoms with Gasteiger partial charge in [-0.05, 0) is 55.0 Å². The van der Waals surface area contributed by atoms with Crippen LogP contribution in [0.15, 0.2) is 66.0 Å². The van der Waals surface area contributed by atoms with Crippen LogP contribution in [0.4, 0.5) is 0 Å². The van der Waals surface area contributed by atoms with Gasteiger partial charge >= 0.3 is 0 Å². The number of carbonyl (C=O) groups is 2. The van der Waals surface area contributed by atoms with Gasteiger partial charge in [-0.25, -0.2) is 0 Å². The quantitative estimate of drug-likeness (QED) is 0.565. The van der Waals surface area contributed by atoms with Crippen LogP contribution in [0.25, 0.3) is 0 Å². The van der Waals surface area contributed by atoms with E-state index < -0.39 is 0 Å². The van der Waals surface area contributed by atoms with Crippen LogP contribution in [-0.4, -0.2) is 65.3 Å². The number of thiophene rings is 1. The molecule has 0 radical (unpaired) electrons. The Morgan fingerprint density at radius 1 is 0.882 bits per heavy atom. The lowest BCUT2D eigenvalue weighted by Crippen LogP contribution is -2.56. The Labute approximate surface area is 205 Å². The molecule has 1 aromatic heterocycles. The number of carbonyl (C=O) groups excluding carboxylic acids is 2. The molecule has 3 heterocycles. The second-order valence-electron chi connectivity index (χ2n) is 9.26. The van der Waals surface area contributed by atoms with Crippen molar-refractivity contribution >= 4 is 23.2 Å². The molecule has 2 atom stereocenters. The SMILES string of the molecule is Cc1ccc(C(=O)N2CCN(C(=O)C(C)N3CCc4sccc4C3c3ccccc3)CC2)cc1. The third-order valence-electron chi connectivity index (χ3n) is 7.15. The van der Waals surface area contributed by atoms with Gasteiger partial charge in [0.2, 0.25) is 5.91 Å². The Kier molecular flexibility index (Phi) is 6.53. The monoisotopic (exact) mass is 473 g/mol. The fourth-order valence-corrected chi connectivity index (χ4v) is 6.08. The van der Waals surface area contributed by atoms with E-state index in [2.05, 4.69) is 40.6 Å². The summed E-state index contributed by atoms with van der Waals surface area (Å²) in [6.45, 7) is 7.22. The molecule has 2 amide bonds. The van der Waals surface area contributed by atoms with Crippen molar-refractivity contribution < 1.29 is 9.59 Å². The summed E-state index contributed by atoms with van der Waals surface area (Å²) in [6.07, 6.45) is 0.979. The van der Waals surface area contributed by atoms with E-state index in [-0.39, 0.29) is 23.9 Å². The van der Waals surface area contributed by atoms with Crippen LogP contribution < -0.4 is 0 Å². The maximum Gasteiger partial charge on any atom is 0.253 e. The van der Waals surface area contributed by atoms with Crippen LogP contribution in [-0.2, 0) is 11.2 Å². The third kappa shape index (κ3) is 4.40. The summed E-state index contributed by atoms with van der Waals surface area (Å²) >= 11 is 1.82. The second kappa shape index (κ2) is 9.72. The molecule has 176 valence electrons. The smallest absolute Gasteiger partial charge is 0.253 e. The number of piperazine rings is 1. The number of benzene rings is 2. The van der Waals surface area contributed by atoms with E-state index in [9.17, 15) is 9.59 Å². The van der Waals surface area contributed by atoms with Gasteiger partial charge in [-0.15, -0.1) is 11.3 Å². The zero-order valence-corrected chi connectivity index (χ0v) is 20.6. The van der Waals surface area contributed by atoms with Gasteiger partial charge in [0.05, 0.1) is 12.1 Å². The molecular formula is C28H31N3O2S. The fourth-order valence-electron chi connectivity index (χ4n) is 5.17. The molecule has 5 rings (SSSR count). The minimum Gasteiger partial charge on any atom is -0.338 e. The molecule has 0 aliphatic carbocycles. The lowest BCUT2D eigenvalue weighted by atomic mass is 9.92. The molecule has 2 unspecified atom stereocenters. The van der Waals surface area contributed by atoms with Gasteiger partial charge in [0.1, 0.15) is 0 Å². The minimum absolute atomic E-state index is 0.0466. The second-order valence-corrected chi connectivity index (χ2v) is 10.3. The number of aryl methyl sites for hydroxylation is 1. The van der Waals surface area contributed by atoms with Crippen molar-refractivity contribution in [1.29, 1.82) is 0 Å². The van der Waals surface area contributed by atoms with E-state index in [4.69, 9.17) is 0 Å². The highest BCUT2D eigenvalue weighted by molar-refractivity contribution is 7.10. The van der Waals surface area contributed by atoms with Gasteiger partial charge in [0.15, 0.2) is 0 Å². The van der Waals surface area contributed by atoms with Gasteiger partial charge in [-0.2, -0.15) is 0 Å². The van der Waals surface area contributed by atoms with E-state index in [1.165, 1.54) is 16.0 Å². The van der Waals surface area contributed by atoms with E-state index in [1.54, 1.807) is 0 Å². The highest BCUT2D eigenvalue weighted by atomic mass is 32.1. The van der Waals surface area contributed by atoms with Gasteiger partial charge in [-0.1, -0.05) is 48.0 Å². The van der Waals surface area contributed by atoms with Crippen LogP contribution in [0.5, 0.6) is 0 Å². The Morgan fingerprint density at radius 3 is 2.26 bits per heavy atom. The van der Waals surface area contributed by atoms with Crippen molar-refractivity contribution in [3.8, 4) is 0 Å². The van der Waals surface area contributed by atoms with Crippen molar-refractivity contribution in [1.82, 2.24) is 14.7 Å². The average Bonchev–Trinajstić information content (AvgIpc) is 3.37. The van der Waals surface area contributed by atoms with E-state index >= 15 is 0 Å². The van der Waals surface area contributed by atoms with Crippen LogP contribution >= 0.6 is 11.3 Å². The van der Waals surface area contributed by atoms with Crippen molar-refractivity contribution in [3.05, 3.63) is 93.2 Å². The van der Waals surface area contributed by atoms with Crippen LogP contribution in [0.3, 0.4) is 0 Å². The predicted octanol–water partition coefficient (Wildman–Crippen LogP) is 4.38. The first-order valence-electron chi connectivity index (χ1n) is 12.0. The lowest BCUT2D eigenvalue weighted by Gasteiger charge is -2.42. The van der Waals surface area contributed by atoms with Gasteiger partial charge in [-0.3, -0.25) is 14.5 Å². The molecule has 2 aromatic carbocycles. The molecule has 1 saturated heterocycles. The molecule has 3 aromatic rings. The van der Waals surface area contributed by atoms with Crippen molar-refractivity contribution in [2.45, 2.75) is 32.4 Å². The molecule has 2 aliphatic rings. The molecule has 0 spiro atoms. The fraction of sp³-hybridized carbons (Fsp3) is 0.357. The predicted molar refractivity (Wildman–Crippen MR) is 136 cm³/mol.